The molecule has 7 rings (SSSR count). The van der Waals surface area contributed by atoms with E-state index in [9.17, 15) is 9.59 Å². The molecule has 0 saturated carbocycles. The lowest BCUT2D eigenvalue weighted by molar-refractivity contribution is 0.0706. The number of nitrogens with one attached hydrogen (secondary N) is 1. The number of rotatable bonds is 6. The molecule has 214 valence electrons. The summed E-state index contributed by atoms with van der Waals surface area (Å²) in [6.07, 6.45) is 6.59. The monoisotopic (exact) mass is 580 g/mol. The molecule has 5 heterocycles. The summed E-state index contributed by atoms with van der Waals surface area (Å²) in [5, 5.41) is 8.71. The predicted octanol–water partition coefficient (Wildman–Crippen LogP) is 5.79. The number of amides is 2. The van der Waals surface area contributed by atoms with E-state index in [-0.39, 0.29) is 11.8 Å². The van der Waals surface area contributed by atoms with Gasteiger partial charge in [0.15, 0.2) is 0 Å². The van der Waals surface area contributed by atoms with Gasteiger partial charge in [-0.05, 0) is 74.6 Å². The van der Waals surface area contributed by atoms with Gasteiger partial charge in [0.2, 0.25) is 0 Å². The number of H-pyrrole nitrogens is 1. The molecule has 2 aliphatic rings. The van der Waals surface area contributed by atoms with Crippen molar-refractivity contribution in [3.63, 3.8) is 0 Å². The van der Waals surface area contributed by atoms with E-state index in [4.69, 9.17) is 9.72 Å². The average molecular weight is 581 g/mol. The molecule has 2 aliphatic heterocycles. The molecule has 5 aromatic rings. The number of pyridine rings is 1. The van der Waals surface area contributed by atoms with Crippen molar-refractivity contribution in [3.05, 3.63) is 82.8 Å². The fraction of sp³-hybridized carbons (Fsp3) is 0.344. The Morgan fingerprint density at radius 3 is 2.48 bits per heavy atom. The molecule has 0 aliphatic carbocycles. The number of benzene rings is 2. The summed E-state index contributed by atoms with van der Waals surface area (Å²) in [6.45, 7) is 3.05. The Hall–Kier alpha value is -4.31. The van der Waals surface area contributed by atoms with E-state index < -0.39 is 0 Å². The van der Waals surface area contributed by atoms with Gasteiger partial charge in [-0.1, -0.05) is 12.1 Å². The zero-order chi connectivity index (χ0) is 28.5. The third-order valence-electron chi connectivity index (χ3n) is 8.32. The van der Waals surface area contributed by atoms with Gasteiger partial charge in [-0.2, -0.15) is 5.10 Å². The molecule has 0 radical (unpaired) electrons. The standard InChI is InChI=1S/C32H32N6O3S/c39-31(37-14-4-1-5-15-37)24-19-28(32(40)38-16-11-21(12-17-38)25-10-13-33-36-25)34-26-9-8-22(18-23(24)26)41-20-30-35-27-6-2-3-7-29(27)42-30/h2-3,6-10,13,18-19,21H,1,4-5,11-12,14-17,20H2,(H,33,36). The molecule has 2 fully saturated rings. The highest BCUT2D eigenvalue weighted by Crippen LogP contribution is 2.30. The van der Waals surface area contributed by atoms with E-state index in [1.165, 1.54) is 0 Å². The zero-order valence-electron chi connectivity index (χ0n) is 23.3. The number of thiazole rings is 1. The molecule has 0 unspecified atom stereocenters. The number of hydrogen-bond donors (Lipinski definition) is 1. The highest BCUT2D eigenvalue weighted by Gasteiger charge is 2.28. The minimum absolute atomic E-state index is 0.0579. The molecule has 0 atom stereocenters. The fourth-order valence-corrected chi connectivity index (χ4v) is 6.91. The minimum atomic E-state index is -0.135. The first kappa shape index (κ1) is 26.6. The summed E-state index contributed by atoms with van der Waals surface area (Å²) in [5.41, 5.74) is 3.50. The Kier molecular flexibility index (Phi) is 7.29. The number of likely N-dealkylation sites (tertiary alicyclic amines) is 2. The number of hydrogen-bond acceptors (Lipinski definition) is 7. The van der Waals surface area contributed by atoms with Crippen molar-refractivity contribution in [1.29, 1.82) is 0 Å². The Bertz CT molecular complexity index is 1700. The summed E-state index contributed by atoms with van der Waals surface area (Å²) in [7, 11) is 0. The number of fused-ring (bicyclic) bond motifs is 2. The smallest absolute Gasteiger partial charge is 0.272 e. The molecule has 2 aromatic carbocycles. The van der Waals surface area contributed by atoms with E-state index in [1.54, 1.807) is 23.6 Å². The highest BCUT2D eigenvalue weighted by molar-refractivity contribution is 7.18. The Morgan fingerprint density at radius 2 is 1.69 bits per heavy atom. The second kappa shape index (κ2) is 11.5. The number of piperidine rings is 2. The summed E-state index contributed by atoms with van der Waals surface area (Å²) in [6, 6.07) is 17.3. The van der Waals surface area contributed by atoms with Gasteiger partial charge in [-0.15, -0.1) is 11.3 Å². The maximum atomic E-state index is 13.8. The molecule has 3 aromatic heterocycles. The van der Waals surface area contributed by atoms with Gasteiger partial charge in [-0.3, -0.25) is 14.7 Å². The van der Waals surface area contributed by atoms with Crippen LogP contribution in [0.4, 0.5) is 0 Å². The molecule has 1 N–H and O–H groups in total. The van der Waals surface area contributed by atoms with Crippen LogP contribution in [0, 0.1) is 0 Å². The molecule has 2 amide bonds. The maximum absolute atomic E-state index is 13.8. The van der Waals surface area contributed by atoms with Gasteiger partial charge in [0, 0.05) is 49.4 Å². The third kappa shape index (κ3) is 5.34. The van der Waals surface area contributed by atoms with E-state index in [0.717, 1.165) is 66.1 Å². The Morgan fingerprint density at radius 1 is 0.881 bits per heavy atom. The van der Waals surface area contributed by atoms with Crippen molar-refractivity contribution in [2.24, 2.45) is 0 Å². The van der Waals surface area contributed by atoms with Gasteiger partial charge in [-0.25, -0.2) is 9.97 Å². The van der Waals surface area contributed by atoms with Crippen LogP contribution in [0.2, 0.25) is 0 Å². The maximum Gasteiger partial charge on any atom is 0.272 e. The first-order chi connectivity index (χ1) is 20.6. The number of para-hydroxylation sites is 1. The number of nitrogens with zero attached hydrogens (tertiary/aromatic N) is 5. The topological polar surface area (TPSA) is 104 Å². The summed E-state index contributed by atoms with van der Waals surface area (Å²) in [5.74, 6) is 0.802. The minimum Gasteiger partial charge on any atom is -0.486 e. The largest absolute Gasteiger partial charge is 0.486 e. The first-order valence-electron chi connectivity index (χ1n) is 14.6. The first-order valence-corrected chi connectivity index (χ1v) is 15.4. The van der Waals surface area contributed by atoms with Crippen LogP contribution in [-0.2, 0) is 6.61 Å². The van der Waals surface area contributed by atoms with Gasteiger partial charge < -0.3 is 14.5 Å². The fourth-order valence-electron chi connectivity index (χ4n) is 6.02. The van der Waals surface area contributed by atoms with Crippen molar-refractivity contribution in [3.8, 4) is 5.75 Å². The van der Waals surface area contributed by atoms with Crippen molar-refractivity contribution in [2.45, 2.75) is 44.6 Å². The van der Waals surface area contributed by atoms with Crippen LogP contribution in [-0.4, -0.2) is 68.0 Å². The van der Waals surface area contributed by atoms with E-state index >= 15 is 0 Å². The summed E-state index contributed by atoms with van der Waals surface area (Å²) in [4.78, 5) is 40.7. The second-order valence-electron chi connectivity index (χ2n) is 11.0. The van der Waals surface area contributed by atoms with Crippen molar-refractivity contribution < 1.29 is 14.3 Å². The van der Waals surface area contributed by atoms with E-state index in [0.29, 0.717) is 53.5 Å². The summed E-state index contributed by atoms with van der Waals surface area (Å²) >= 11 is 1.61. The van der Waals surface area contributed by atoms with Crippen LogP contribution in [0.15, 0.2) is 60.8 Å². The molecule has 0 bridgehead atoms. The molecular formula is C32H32N6O3S. The van der Waals surface area contributed by atoms with Crippen LogP contribution in [0.25, 0.3) is 21.1 Å². The van der Waals surface area contributed by atoms with Crippen LogP contribution >= 0.6 is 11.3 Å². The Balaban J connectivity index is 1.16. The normalized spacial score (nSPS) is 16.3. The van der Waals surface area contributed by atoms with Crippen molar-refractivity contribution in [1.82, 2.24) is 30.0 Å². The van der Waals surface area contributed by atoms with E-state index in [2.05, 4.69) is 21.2 Å². The van der Waals surface area contributed by atoms with E-state index in [1.807, 2.05) is 52.3 Å². The van der Waals surface area contributed by atoms with Gasteiger partial charge >= 0.3 is 0 Å². The molecule has 10 heteroatoms. The molecular weight excluding hydrogens is 548 g/mol. The van der Waals surface area contributed by atoms with Crippen LogP contribution in [0.5, 0.6) is 5.75 Å². The summed E-state index contributed by atoms with van der Waals surface area (Å²) < 4.78 is 7.26. The molecule has 2 saturated heterocycles. The van der Waals surface area contributed by atoms with Crippen LogP contribution in [0.3, 0.4) is 0 Å². The zero-order valence-corrected chi connectivity index (χ0v) is 24.1. The van der Waals surface area contributed by atoms with Crippen LogP contribution < -0.4 is 4.74 Å². The lowest BCUT2D eigenvalue weighted by Crippen LogP contribution is -2.39. The second-order valence-corrected chi connectivity index (χ2v) is 12.1. The molecule has 9 nitrogen and oxygen atoms in total. The lowest BCUT2D eigenvalue weighted by atomic mass is 9.93. The number of aromatic nitrogens is 4. The Labute approximate surface area is 247 Å². The number of aromatic amines is 1. The highest BCUT2D eigenvalue weighted by atomic mass is 32.1. The van der Waals surface area contributed by atoms with Crippen molar-refractivity contribution >= 4 is 44.3 Å². The van der Waals surface area contributed by atoms with Crippen LogP contribution in [0.1, 0.15) is 69.6 Å². The quantitative estimate of drug-likeness (QED) is 0.273. The molecule has 42 heavy (non-hydrogen) atoms. The third-order valence-corrected chi connectivity index (χ3v) is 9.33. The van der Waals surface area contributed by atoms with Gasteiger partial charge in [0.25, 0.3) is 11.8 Å². The average Bonchev–Trinajstić information content (AvgIpc) is 3.74. The SMILES string of the molecule is O=C(c1cc(C(=O)N2CCCCC2)c2cc(OCc3nc4ccccc4s3)ccc2n1)N1CCC(c2ccn[nH]2)CC1. The lowest BCUT2D eigenvalue weighted by Gasteiger charge is -2.31. The predicted molar refractivity (Wildman–Crippen MR) is 162 cm³/mol. The van der Waals surface area contributed by atoms with Crippen molar-refractivity contribution in [2.75, 3.05) is 26.2 Å². The van der Waals surface area contributed by atoms with Gasteiger partial charge in [0.05, 0.1) is 21.3 Å². The molecule has 0 spiro atoms. The number of ether oxygens (including phenoxy) is 1. The number of carbonyl (C=O) groups excluding carboxylic acids is 2. The number of carbonyl (C=O) groups is 2. The van der Waals surface area contributed by atoms with Gasteiger partial charge in [0.1, 0.15) is 23.1 Å².